The Morgan fingerprint density at radius 3 is 2.55 bits per heavy atom. The van der Waals surface area contributed by atoms with Gasteiger partial charge in [0.05, 0.1) is 19.1 Å². The minimum atomic E-state index is -1.07. The third-order valence-corrected chi connectivity index (χ3v) is 8.01. The van der Waals surface area contributed by atoms with Crippen LogP contribution in [0, 0.1) is 0 Å². The summed E-state index contributed by atoms with van der Waals surface area (Å²) in [5.41, 5.74) is 0.877. The molecule has 1 unspecified atom stereocenters. The molecule has 8 heteroatoms. The van der Waals surface area contributed by atoms with Crippen molar-refractivity contribution in [1.29, 1.82) is 0 Å². The Hall–Kier alpha value is -1.44. The summed E-state index contributed by atoms with van der Waals surface area (Å²) in [4.78, 5) is 26.1. The van der Waals surface area contributed by atoms with Crippen molar-refractivity contribution in [3.05, 3.63) is 34.9 Å². The van der Waals surface area contributed by atoms with E-state index >= 15 is 0 Å². The van der Waals surface area contributed by atoms with Crippen molar-refractivity contribution in [3.8, 4) is 0 Å². The fourth-order valence-electron chi connectivity index (χ4n) is 4.23. The largest absolute Gasteiger partial charge is 0.481 e. The minimum Gasteiger partial charge on any atom is -0.481 e. The number of carboxylic acids is 1. The predicted molar refractivity (Wildman–Crippen MR) is 112 cm³/mol. The molecule has 3 rings (SSSR count). The van der Waals surface area contributed by atoms with Crippen LogP contribution in [0.3, 0.4) is 0 Å². The average Bonchev–Trinajstić information content (AvgIpc) is 3.23. The number of aliphatic carboxylic acids is 1. The third kappa shape index (κ3) is 5.38. The summed E-state index contributed by atoms with van der Waals surface area (Å²) in [6.45, 7) is 2.18. The van der Waals surface area contributed by atoms with E-state index in [0.29, 0.717) is 17.2 Å². The summed E-state index contributed by atoms with van der Waals surface area (Å²) in [6.07, 6.45) is 3.43. The lowest BCUT2D eigenvalue weighted by molar-refractivity contribution is -0.168. The summed E-state index contributed by atoms with van der Waals surface area (Å²) < 4.78 is 18.6. The summed E-state index contributed by atoms with van der Waals surface area (Å²) in [5.74, 6) is -0.999. The molecule has 0 radical (unpaired) electrons. The molecular formula is C21H28ClNO5S. The Morgan fingerprint density at radius 2 is 1.97 bits per heavy atom. The Morgan fingerprint density at radius 1 is 1.31 bits per heavy atom. The Kier molecular flexibility index (Phi) is 7.71. The molecule has 1 amide bonds. The van der Waals surface area contributed by atoms with Crippen LogP contribution in [0.15, 0.2) is 24.3 Å². The third-order valence-electron chi connectivity index (χ3n) is 5.83. The molecule has 0 aromatic heterocycles. The van der Waals surface area contributed by atoms with Gasteiger partial charge in [0.15, 0.2) is 0 Å². The van der Waals surface area contributed by atoms with E-state index in [1.807, 2.05) is 19.1 Å². The van der Waals surface area contributed by atoms with E-state index in [1.165, 1.54) is 0 Å². The van der Waals surface area contributed by atoms with Gasteiger partial charge in [0.1, 0.15) is 6.10 Å². The maximum atomic E-state index is 13.2. The van der Waals surface area contributed by atoms with Crippen LogP contribution in [0.4, 0.5) is 0 Å². The van der Waals surface area contributed by atoms with Crippen molar-refractivity contribution < 1.29 is 23.6 Å². The van der Waals surface area contributed by atoms with Crippen molar-refractivity contribution in [2.45, 2.75) is 68.9 Å². The summed E-state index contributed by atoms with van der Waals surface area (Å²) in [7, 11) is -1.01. The van der Waals surface area contributed by atoms with Crippen LogP contribution >= 0.6 is 11.6 Å². The molecule has 1 N–H and O–H groups in total. The second-order valence-corrected chi connectivity index (χ2v) is 9.95. The van der Waals surface area contributed by atoms with Gasteiger partial charge < -0.3 is 14.7 Å². The van der Waals surface area contributed by atoms with Crippen LogP contribution in [0.25, 0.3) is 0 Å². The van der Waals surface area contributed by atoms with Crippen LogP contribution in [0.1, 0.15) is 57.1 Å². The van der Waals surface area contributed by atoms with Crippen molar-refractivity contribution in [2.75, 3.05) is 12.4 Å². The first-order chi connectivity index (χ1) is 13.9. The maximum Gasteiger partial charge on any atom is 0.306 e. The van der Waals surface area contributed by atoms with Gasteiger partial charge in [-0.25, -0.2) is 0 Å². The summed E-state index contributed by atoms with van der Waals surface area (Å²) >= 11 is 6.01. The van der Waals surface area contributed by atoms with Crippen LogP contribution in [0.2, 0.25) is 5.02 Å². The molecule has 4 atom stereocenters. The molecular weight excluding hydrogens is 414 g/mol. The molecule has 29 heavy (non-hydrogen) atoms. The number of morpholine rings is 1. The quantitative estimate of drug-likeness (QED) is 0.666. The first kappa shape index (κ1) is 22.2. The summed E-state index contributed by atoms with van der Waals surface area (Å²) in [6, 6.07) is 6.66. The second-order valence-electron chi connectivity index (χ2n) is 7.75. The van der Waals surface area contributed by atoms with Crippen molar-refractivity contribution in [2.24, 2.45) is 0 Å². The van der Waals surface area contributed by atoms with Crippen molar-refractivity contribution >= 4 is 34.3 Å². The molecule has 6 nitrogen and oxygen atoms in total. The Labute approximate surface area is 179 Å². The topological polar surface area (TPSA) is 83.9 Å². The highest BCUT2D eigenvalue weighted by atomic mass is 35.5. The van der Waals surface area contributed by atoms with Crippen LogP contribution in [-0.2, 0) is 25.1 Å². The normalized spacial score (nSPS) is 25.2. The van der Waals surface area contributed by atoms with Gasteiger partial charge in [0, 0.05) is 32.9 Å². The Bertz CT molecular complexity index is 750. The zero-order valence-electron chi connectivity index (χ0n) is 16.6. The van der Waals surface area contributed by atoms with E-state index < -0.39 is 22.9 Å². The molecule has 1 saturated heterocycles. The van der Waals surface area contributed by atoms with Gasteiger partial charge in [-0.2, -0.15) is 0 Å². The number of halogens is 1. The molecule has 1 aromatic carbocycles. The average molecular weight is 442 g/mol. The second kappa shape index (κ2) is 10.0. The predicted octanol–water partition coefficient (Wildman–Crippen LogP) is 3.55. The number of hydrogen-bond donors (Lipinski definition) is 1. The van der Waals surface area contributed by atoms with Gasteiger partial charge in [-0.1, -0.05) is 43.5 Å². The molecule has 1 saturated carbocycles. The molecule has 0 bridgehead atoms. The number of amides is 1. The molecule has 2 aliphatic rings. The zero-order chi connectivity index (χ0) is 21.0. The fraction of sp³-hybridized carbons (Fsp3) is 0.619. The van der Waals surface area contributed by atoms with Crippen LogP contribution in [-0.4, -0.2) is 55.8 Å². The van der Waals surface area contributed by atoms with Gasteiger partial charge >= 0.3 is 5.97 Å². The van der Waals surface area contributed by atoms with E-state index in [2.05, 4.69) is 0 Å². The highest BCUT2D eigenvalue weighted by Crippen LogP contribution is 2.33. The minimum absolute atomic E-state index is 0.198. The van der Waals surface area contributed by atoms with E-state index in [1.54, 1.807) is 17.0 Å². The number of carboxylic acid groups (broad SMARTS) is 1. The van der Waals surface area contributed by atoms with Crippen LogP contribution < -0.4 is 0 Å². The van der Waals surface area contributed by atoms with Gasteiger partial charge in [-0.3, -0.25) is 13.8 Å². The molecule has 160 valence electrons. The molecule has 1 aliphatic heterocycles. The van der Waals surface area contributed by atoms with Gasteiger partial charge in [0.25, 0.3) is 5.91 Å². The first-order valence-electron chi connectivity index (χ1n) is 10.2. The van der Waals surface area contributed by atoms with Crippen LogP contribution in [0.5, 0.6) is 0 Å². The molecule has 1 heterocycles. The smallest absolute Gasteiger partial charge is 0.306 e. The monoisotopic (exact) mass is 441 g/mol. The summed E-state index contributed by atoms with van der Waals surface area (Å²) in [5, 5.41) is 9.95. The van der Waals surface area contributed by atoms with E-state index in [0.717, 1.165) is 31.2 Å². The highest BCUT2D eigenvalue weighted by Gasteiger charge is 2.42. The Balaban J connectivity index is 1.86. The lowest BCUT2D eigenvalue weighted by Gasteiger charge is -2.43. The SMILES string of the molecule is CC[C@@H](CS(=O)C1CCCC1)N1C(=O)[C@@H](CC(=O)O)OC[C@H]1c1ccc(Cl)cc1. The van der Waals surface area contributed by atoms with Gasteiger partial charge in [-0.15, -0.1) is 0 Å². The lowest BCUT2D eigenvalue weighted by Crippen LogP contribution is -2.55. The number of benzene rings is 1. The first-order valence-corrected chi connectivity index (χ1v) is 11.9. The highest BCUT2D eigenvalue weighted by molar-refractivity contribution is 7.85. The zero-order valence-corrected chi connectivity index (χ0v) is 18.2. The van der Waals surface area contributed by atoms with Crippen molar-refractivity contribution in [3.63, 3.8) is 0 Å². The van der Waals surface area contributed by atoms with E-state index in [9.17, 15) is 13.8 Å². The molecule has 2 fully saturated rings. The van der Waals surface area contributed by atoms with Gasteiger partial charge in [-0.05, 0) is 37.0 Å². The standard InChI is InChI=1S/C21H28ClNO5S/c1-2-16(13-29(27)17-5-3-4-6-17)23-18(14-7-9-15(22)10-8-14)12-28-19(21(23)26)11-20(24)25/h7-10,16-19H,2-6,11-13H2,1H3,(H,24,25)/t16-,18-,19+,29?/m0/s1. The molecule has 0 spiro atoms. The number of rotatable bonds is 8. The lowest BCUT2D eigenvalue weighted by atomic mass is 9.99. The van der Waals surface area contributed by atoms with E-state index in [-0.39, 0.29) is 36.3 Å². The van der Waals surface area contributed by atoms with Gasteiger partial charge in [0.2, 0.25) is 0 Å². The number of nitrogens with zero attached hydrogens (tertiary/aromatic N) is 1. The number of ether oxygens (including phenoxy) is 1. The number of carbonyl (C=O) groups is 2. The number of carbonyl (C=O) groups excluding carboxylic acids is 1. The van der Waals surface area contributed by atoms with Crippen molar-refractivity contribution in [1.82, 2.24) is 4.90 Å². The molecule has 1 aromatic rings. The van der Waals surface area contributed by atoms with E-state index in [4.69, 9.17) is 21.4 Å². The maximum absolute atomic E-state index is 13.2. The number of hydrogen-bond acceptors (Lipinski definition) is 4. The fourth-order valence-corrected chi connectivity index (χ4v) is 6.26. The molecule has 1 aliphatic carbocycles.